The van der Waals surface area contributed by atoms with Gasteiger partial charge in [-0.2, -0.15) is 0 Å². The molecule has 0 spiro atoms. The molecule has 0 N–H and O–H groups in total. The SMILES string of the molecule is CC(C)N(C(C)C)C(C)c1cccc2oc3ccccc3c12. The number of nitrogens with zero attached hydrogens (tertiary/aromatic N) is 1. The molecule has 0 amide bonds. The number of hydrogen-bond acceptors (Lipinski definition) is 2. The third-order valence-corrected chi connectivity index (χ3v) is 4.52. The van der Waals surface area contributed by atoms with Crippen LogP contribution in [0.2, 0.25) is 0 Å². The van der Waals surface area contributed by atoms with Gasteiger partial charge in [0.1, 0.15) is 11.2 Å². The van der Waals surface area contributed by atoms with Gasteiger partial charge in [-0.3, -0.25) is 4.90 Å². The molecule has 1 heterocycles. The van der Waals surface area contributed by atoms with Gasteiger partial charge in [0, 0.05) is 28.9 Å². The van der Waals surface area contributed by atoms with E-state index in [0.717, 1.165) is 11.2 Å². The molecule has 1 unspecified atom stereocenters. The first-order valence-electron chi connectivity index (χ1n) is 8.18. The lowest BCUT2D eigenvalue weighted by atomic mass is 9.98. The van der Waals surface area contributed by atoms with Crippen molar-refractivity contribution in [2.24, 2.45) is 0 Å². The molecule has 0 aliphatic carbocycles. The van der Waals surface area contributed by atoms with Crippen LogP contribution in [0.1, 0.15) is 46.2 Å². The molecule has 0 aliphatic heterocycles. The third kappa shape index (κ3) is 2.42. The maximum Gasteiger partial charge on any atom is 0.135 e. The van der Waals surface area contributed by atoms with E-state index in [1.54, 1.807) is 0 Å². The van der Waals surface area contributed by atoms with Crippen molar-refractivity contribution in [1.82, 2.24) is 4.90 Å². The molecule has 3 aromatic rings. The molecule has 0 aliphatic rings. The van der Waals surface area contributed by atoms with E-state index in [-0.39, 0.29) is 0 Å². The van der Waals surface area contributed by atoms with E-state index in [4.69, 9.17) is 4.42 Å². The zero-order valence-electron chi connectivity index (χ0n) is 14.1. The minimum atomic E-state index is 0.352. The molecule has 0 radical (unpaired) electrons. The van der Waals surface area contributed by atoms with E-state index in [0.29, 0.717) is 18.1 Å². The Morgan fingerprint density at radius 3 is 2.09 bits per heavy atom. The molecule has 0 saturated heterocycles. The van der Waals surface area contributed by atoms with E-state index in [2.05, 4.69) is 69.9 Å². The molecule has 3 rings (SSSR count). The lowest BCUT2D eigenvalue weighted by Crippen LogP contribution is -2.39. The van der Waals surface area contributed by atoms with Crippen molar-refractivity contribution in [2.45, 2.75) is 52.7 Å². The summed E-state index contributed by atoms with van der Waals surface area (Å²) in [5, 5.41) is 2.48. The van der Waals surface area contributed by atoms with Crippen LogP contribution in [0.25, 0.3) is 21.9 Å². The van der Waals surface area contributed by atoms with Crippen molar-refractivity contribution in [1.29, 1.82) is 0 Å². The fourth-order valence-electron chi connectivity index (χ4n) is 3.80. The highest BCUT2D eigenvalue weighted by molar-refractivity contribution is 6.06. The van der Waals surface area contributed by atoms with Crippen molar-refractivity contribution in [3.05, 3.63) is 48.0 Å². The van der Waals surface area contributed by atoms with Gasteiger partial charge in [-0.25, -0.2) is 0 Å². The highest BCUT2D eigenvalue weighted by Crippen LogP contribution is 2.36. The Morgan fingerprint density at radius 2 is 1.41 bits per heavy atom. The molecule has 0 fully saturated rings. The molecule has 1 aromatic heterocycles. The Balaban J connectivity index is 2.22. The molecule has 2 heteroatoms. The topological polar surface area (TPSA) is 16.4 Å². The molecular formula is C20H25NO. The van der Waals surface area contributed by atoms with Gasteiger partial charge in [0.05, 0.1) is 0 Å². The standard InChI is InChI=1S/C20H25NO/c1-13(2)21(14(3)4)15(5)16-10-8-12-19-20(16)17-9-6-7-11-18(17)22-19/h6-15H,1-5H3. The summed E-state index contributed by atoms with van der Waals surface area (Å²) in [7, 11) is 0. The Morgan fingerprint density at radius 1 is 0.773 bits per heavy atom. The molecule has 22 heavy (non-hydrogen) atoms. The fourth-order valence-corrected chi connectivity index (χ4v) is 3.80. The minimum absolute atomic E-state index is 0.352. The minimum Gasteiger partial charge on any atom is -0.456 e. The molecule has 1 atom stereocenters. The van der Waals surface area contributed by atoms with Crippen LogP contribution in [0.3, 0.4) is 0 Å². The van der Waals surface area contributed by atoms with Crippen LogP contribution in [0.4, 0.5) is 0 Å². The summed E-state index contributed by atoms with van der Waals surface area (Å²) in [4.78, 5) is 2.55. The van der Waals surface area contributed by atoms with Crippen LogP contribution in [0.15, 0.2) is 46.9 Å². The third-order valence-electron chi connectivity index (χ3n) is 4.52. The van der Waals surface area contributed by atoms with Crippen molar-refractivity contribution in [2.75, 3.05) is 0 Å². The van der Waals surface area contributed by atoms with Gasteiger partial charge >= 0.3 is 0 Å². The Hall–Kier alpha value is -1.80. The van der Waals surface area contributed by atoms with Crippen LogP contribution in [-0.2, 0) is 0 Å². The summed E-state index contributed by atoms with van der Waals surface area (Å²) in [6.45, 7) is 11.4. The summed E-state index contributed by atoms with van der Waals surface area (Å²) in [6.07, 6.45) is 0. The average molecular weight is 295 g/mol. The second-order valence-corrected chi connectivity index (χ2v) is 6.63. The van der Waals surface area contributed by atoms with Crippen molar-refractivity contribution < 1.29 is 4.42 Å². The Bertz CT molecular complexity index is 777. The summed E-state index contributed by atoms with van der Waals surface area (Å²) < 4.78 is 6.03. The number of hydrogen-bond donors (Lipinski definition) is 0. The first-order chi connectivity index (χ1) is 10.5. The predicted octanol–water partition coefficient (Wildman–Crippen LogP) is 5.77. The predicted molar refractivity (Wildman–Crippen MR) is 94.2 cm³/mol. The zero-order valence-corrected chi connectivity index (χ0v) is 14.1. The molecule has 116 valence electrons. The number of para-hydroxylation sites is 1. The van der Waals surface area contributed by atoms with E-state index in [1.807, 2.05) is 12.1 Å². The van der Waals surface area contributed by atoms with Crippen LogP contribution in [-0.4, -0.2) is 17.0 Å². The summed E-state index contributed by atoms with van der Waals surface area (Å²) >= 11 is 0. The lowest BCUT2D eigenvalue weighted by Gasteiger charge is -2.36. The average Bonchev–Trinajstić information content (AvgIpc) is 2.84. The second-order valence-electron chi connectivity index (χ2n) is 6.63. The van der Waals surface area contributed by atoms with E-state index in [9.17, 15) is 0 Å². The fraction of sp³-hybridized carbons (Fsp3) is 0.400. The van der Waals surface area contributed by atoms with E-state index in [1.165, 1.54) is 16.3 Å². The summed E-state index contributed by atoms with van der Waals surface area (Å²) in [5.41, 5.74) is 3.31. The molecule has 2 aromatic carbocycles. The summed E-state index contributed by atoms with van der Waals surface area (Å²) in [5.74, 6) is 0. The molecule has 2 nitrogen and oxygen atoms in total. The maximum atomic E-state index is 6.03. The first kappa shape index (κ1) is 15.1. The van der Waals surface area contributed by atoms with Crippen molar-refractivity contribution in [3.63, 3.8) is 0 Å². The van der Waals surface area contributed by atoms with Crippen LogP contribution in [0, 0.1) is 0 Å². The molecule has 0 saturated carbocycles. The number of benzene rings is 2. The van der Waals surface area contributed by atoms with Crippen LogP contribution >= 0.6 is 0 Å². The van der Waals surface area contributed by atoms with Gasteiger partial charge < -0.3 is 4.42 Å². The quantitative estimate of drug-likeness (QED) is 0.608. The summed E-state index contributed by atoms with van der Waals surface area (Å²) in [6, 6.07) is 16.1. The van der Waals surface area contributed by atoms with Crippen molar-refractivity contribution >= 4 is 21.9 Å². The smallest absolute Gasteiger partial charge is 0.135 e. The number of fused-ring (bicyclic) bond motifs is 3. The Kier molecular flexibility index (Phi) is 3.96. The highest BCUT2D eigenvalue weighted by Gasteiger charge is 2.24. The monoisotopic (exact) mass is 295 g/mol. The van der Waals surface area contributed by atoms with Crippen molar-refractivity contribution in [3.8, 4) is 0 Å². The zero-order chi connectivity index (χ0) is 15.9. The lowest BCUT2D eigenvalue weighted by molar-refractivity contribution is 0.123. The highest BCUT2D eigenvalue weighted by atomic mass is 16.3. The van der Waals surface area contributed by atoms with Crippen LogP contribution in [0.5, 0.6) is 0 Å². The number of furan rings is 1. The largest absolute Gasteiger partial charge is 0.456 e. The van der Waals surface area contributed by atoms with E-state index >= 15 is 0 Å². The van der Waals surface area contributed by atoms with Gasteiger partial charge in [-0.05, 0) is 52.3 Å². The van der Waals surface area contributed by atoms with Gasteiger partial charge in [-0.1, -0.05) is 30.3 Å². The molecular weight excluding hydrogens is 270 g/mol. The first-order valence-corrected chi connectivity index (χ1v) is 8.18. The van der Waals surface area contributed by atoms with Gasteiger partial charge in [-0.15, -0.1) is 0 Å². The second kappa shape index (κ2) is 5.77. The van der Waals surface area contributed by atoms with Crippen LogP contribution < -0.4 is 0 Å². The maximum absolute atomic E-state index is 6.03. The number of rotatable bonds is 4. The van der Waals surface area contributed by atoms with Gasteiger partial charge in [0.25, 0.3) is 0 Å². The van der Waals surface area contributed by atoms with Gasteiger partial charge in [0.15, 0.2) is 0 Å². The van der Waals surface area contributed by atoms with E-state index < -0.39 is 0 Å². The Labute approximate surface area is 132 Å². The molecule has 0 bridgehead atoms. The van der Waals surface area contributed by atoms with Gasteiger partial charge in [0.2, 0.25) is 0 Å². The normalized spacial score (nSPS) is 13.8.